The van der Waals surface area contributed by atoms with Gasteiger partial charge in [0.05, 0.1) is 5.69 Å². The highest BCUT2D eigenvalue weighted by atomic mass is 15.2. The van der Waals surface area contributed by atoms with Gasteiger partial charge in [0.2, 0.25) is 0 Å². The number of rotatable bonds is 5. The van der Waals surface area contributed by atoms with Crippen molar-refractivity contribution in [3.05, 3.63) is 17.6 Å². The zero-order chi connectivity index (χ0) is 17.1. The highest BCUT2D eigenvalue weighted by Gasteiger charge is 2.50. The first-order chi connectivity index (χ1) is 12.7. The van der Waals surface area contributed by atoms with Crippen molar-refractivity contribution >= 4 is 5.82 Å². The van der Waals surface area contributed by atoms with E-state index < -0.39 is 0 Å². The molecule has 5 aliphatic carbocycles. The number of aromatic nitrogens is 2. The Morgan fingerprint density at radius 2 is 1.77 bits per heavy atom. The lowest BCUT2D eigenvalue weighted by molar-refractivity contribution is -0.0444. The summed E-state index contributed by atoms with van der Waals surface area (Å²) >= 11 is 0. The average molecular weight is 353 g/mol. The molecule has 1 aliphatic heterocycles. The number of nitrogens with zero attached hydrogens (tertiary/aromatic N) is 3. The minimum Gasteiger partial charge on any atom is -0.369 e. The van der Waals surface area contributed by atoms with E-state index in [1.54, 1.807) is 6.33 Å². The van der Waals surface area contributed by atoms with Crippen molar-refractivity contribution in [1.82, 2.24) is 14.9 Å². The standard InChI is InChI=1S/C22H32N4/c1-2-15(1)11-26-4-3-19-20(12-26)24-14-25-21(19)23-13-22-8-16-5-17(9-22)7-18(6-16)10-22/h14-18H,1-13H2,(H,23,24,25). The summed E-state index contributed by atoms with van der Waals surface area (Å²) in [6.45, 7) is 4.63. The summed E-state index contributed by atoms with van der Waals surface area (Å²) in [7, 11) is 0. The van der Waals surface area contributed by atoms with Gasteiger partial charge in [0.25, 0.3) is 0 Å². The molecule has 140 valence electrons. The lowest BCUT2D eigenvalue weighted by Crippen LogP contribution is -2.49. The van der Waals surface area contributed by atoms with Crippen LogP contribution in [0.4, 0.5) is 5.82 Å². The second kappa shape index (κ2) is 5.92. The predicted octanol–water partition coefficient (Wildman–Crippen LogP) is 3.87. The number of hydrogen-bond acceptors (Lipinski definition) is 4. The van der Waals surface area contributed by atoms with E-state index >= 15 is 0 Å². The van der Waals surface area contributed by atoms with Crippen LogP contribution in [-0.2, 0) is 13.0 Å². The van der Waals surface area contributed by atoms with Crippen molar-refractivity contribution < 1.29 is 0 Å². The third kappa shape index (κ3) is 2.85. The summed E-state index contributed by atoms with van der Waals surface area (Å²) in [6, 6.07) is 0. The molecule has 0 aromatic carbocycles. The molecule has 0 unspecified atom stereocenters. The molecule has 26 heavy (non-hydrogen) atoms. The quantitative estimate of drug-likeness (QED) is 0.873. The van der Waals surface area contributed by atoms with Crippen molar-refractivity contribution in [1.29, 1.82) is 0 Å². The lowest BCUT2D eigenvalue weighted by atomic mass is 9.49. The maximum Gasteiger partial charge on any atom is 0.132 e. The Kier molecular flexibility index (Phi) is 3.61. The van der Waals surface area contributed by atoms with Crippen molar-refractivity contribution in [2.75, 3.05) is 25.0 Å². The molecule has 5 saturated carbocycles. The predicted molar refractivity (Wildman–Crippen MR) is 103 cm³/mol. The van der Waals surface area contributed by atoms with Crippen LogP contribution in [0.1, 0.15) is 62.6 Å². The Morgan fingerprint density at radius 3 is 2.46 bits per heavy atom. The Morgan fingerprint density at radius 1 is 1.04 bits per heavy atom. The first-order valence-corrected chi connectivity index (χ1v) is 11.0. The van der Waals surface area contributed by atoms with E-state index in [4.69, 9.17) is 0 Å². The number of fused-ring (bicyclic) bond motifs is 1. The molecule has 0 saturated heterocycles. The Bertz CT molecular complexity index is 660. The van der Waals surface area contributed by atoms with Crippen LogP contribution in [0.3, 0.4) is 0 Å². The van der Waals surface area contributed by atoms with Gasteiger partial charge < -0.3 is 5.32 Å². The van der Waals surface area contributed by atoms with E-state index in [1.165, 1.54) is 75.7 Å². The van der Waals surface area contributed by atoms with Crippen LogP contribution < -0.4 is 5.32 Å². The fraction of sp³-hybridized carbons (Fsp3) is 0.818. The molecule has 1 N–H and O–H groups in total. The summed E-state index contributed by atoms with van der Waals surface area (Å²) in [5.74, 6) is 5.19. The van der Waals surface area contributed by atoms with Gasteiger partial charge in [-0.1, -0.05) is 0 Å². The summed E-state index contributed by atoms with van der Waals surface area (Å²) in [4.78, 5) is 11.9. The molecule has 0 radical (unpaired) electrons. The topological polar surface area (TPSA) is 41.1 Å². The first kappa shape index (κ1) is 15.9. The van der Waals surface area contributed by atoms with Gasteiger partial charge in [-0.2, -0.15) is 0 Å². The monoisotopic (exact) mass is 352 g/mol. The molecule has 6 aliphatic rings. The molecule has 0 atom stereocenters. The molecular weight excluding hydrogens is 320 g/mol. The molecule has 4 bridgehead atoms. The maximum atomic E-state index is 4.67. The summed E-state index contributed by atoms with van der Waals surface area (Å²) in [6.07, 6.45) is 14.8. The van der Waals surface area contributed by atoms with Gasteiger partial charge in [-0.15, -0.1) is 0 Å². The van der Waals surface area contributed by atoms with Crippen LogP contribution >= 0.6 is 0 Å². The molecule has 1 aromatic rings. The van der Waals surface area contributed by atoms with Crippen LogP contribution in [0.5, 0.6) is 0 Å². The average Bonchev–Trinajstić information content (AvgIpc) is 3.42. The van der Waals surface area contributed by atoms with Crippen molar-refractivity contribution in [3.8, 4) is 0 Å². The Labute approximate surface area is 157 Å². The Hall–Kier alpha value is -1.16. The normalized spacial score (nSPS) is 38.4. The van der Waals surface area contributed by atoms with Crippen LogP contribution in [0.15, 0.2) is 6.33 Å². The van der Waals surface area contributed by atoms with Crippen LogP contribution in [0, 0.1) is 29.1 Å². The molecule has 2 heterocycles. The molecule has 1 aromatic heterocycles. The second-order valence-electron chi connectivity index (χ2n) is 10.3. The third-order valence-electron chi connectivity index (χ3n) is 8.10. The zero-order valence-electron chi connectivity index (χ0n) is 15.9. The zero-order valence-corrected chi connectivity index (χ0v) is 15.9. The molecule has 0 spiro atoms. The number of hydrogen-bond donors (Lipinski definition) is 1. The molecule has 7 rings (SSSR count). The highest BCUT2D eigenvalue weighted by molar-refractivity contribution is 5.47. The van der Waals surface area contributed by atoms with Crippen molar-refractivity contribution in [3.63, 3.8) is 0 Å². The Balaban J connectivity index is 1.16. The highest BCUT2D eigenvalue weighted by Crippen LogP contribution is 2.59. The van der Waals surface area contributed by atoms with E-state index in [2.05, 4.69) is 20.2 Å². The maximum absolute atomic E-state index is 4.67. The van der Waals surface area contributed by atoms with Gasteiger partial charge in [0, 0.05) is 31.7 Å². The fourth-order valence-corrected chi connectivity index (χ4v) is 7.16. The van der Waals surface area contributed by atoms with Gasteiger partial charge in [0.1, 0.15) is 12.1 Å². The van der Waals surface area contributed by atoms with E-state index in [-0.39, 0.29) is 0 Å². The number of nitrogens with one attached hydrogen (secondary N) is 1. The van der Waals surface area contributed by atoms with Crippen molar-refractivity contribution in [2.45, 2.75) is 64.3 Å². The molecule has 4 nitrogen and oxygen atoms in total. The third-order valence-corrected chi connectivity index (χ3v) is 8.10. The van der Waals surface area contributed by atoms with E-state index in [0.717, 1.165) is 49.0 Å². The van der Waals surface area contributed by atoms with Gasteiger partial charge in [-0.05, 0) is 86.9 Å². The van der Waals surface area contributed by atoms with Gasteiger partial charge in [-0.3, -0.25) is 4.90 Å². The number of anilines is 1. The largest absolute Gasteiger partial charge is 0.369 e. The second-order valence-corrected chi connectivity index (χ2v) is 10.3. The SMILES string of the molecule is c1nc2c(c(NCC34CC5CC(CC(C5)C3)C4)n1)CCN(CC1CC1)C2. The van der Waals surface area contributed by atoms with Gasteiger partial charge in [-0.25, -0.2) is 9.97 Å². The lowest BCUT2D eigenvalue weighted by Gasteiger charge is -2.57. The van der Waals surface area contributed by atoms with Crippen LogP contribution in [-0.4, -0.2) is 34.5 Å². The first-order valence-electron chi connectivity index (χ1n) is 11.0. The van der Waals surface area contributed by atoms with Crippen LogP contribution in [0.25, 0.3) is 0 Å². The van der Waals surface area contributed by atoms with E-state index in [9.17, 15) is 0 Å². The van der Waals surface area contributed by atoms with Crippen molar-refractivity contribution in [2.24, 2.45) is 29.1 Å². The molecular formula is C22H32N4. The minimum absolute atomic E-state index is 0.569. The molecule has 0 amide bonds. The van der Waals surface area contributed by atoms with Gasteiger partial charge in [0.15, 0.2) is 0 Å². The summed E-state index contributed by atoms with van der Waals surface area (Å²) in [5, 5.41) is 3.83. The van der Waals surface area contributed by atoms with E-state index in [1.807, 2.05) is 0 Å². The summed E-state index contributed by atoms with van der Waals surface area (Å²) < 4.78 is 0. The molecule has 4 heteroatoms. The van der Waals surface area contributed by atoms with E-state index in [0.29, 0.717) is 5.41 Å². The smallest absolute Gasteiger partial charge is 0.132 e. The minimum atomic E-state index is 0.569. The molecule has 5 fully saturated rings. The summed E-state index contributed by atoms with van der Waals surface area (Å²) in [5.41, 5.74) is 3.25. The van der Waals surface area contributed by atoms with Gasteiger partial charge >= 0.3 is 0 Å². The fourth-order valence-electron chi connectivity index (χ4n) is 7.16. The van der Waals surface area contributed by atoms with Crippen LogP contribution in [0.2, 0.25) is 0 Å².